The van der Waals surface area contributed by atoms with Gasteiger partial charge in [0.05, 0.1) is 13.7 Å². The average molecular weight is 336 g/mol. The first-order valence-corrected chi connectivity index (χ1v) is 8.22. The van der Waals surface area contributed by atoms with Crippen LogP contribution >= 0.6 is 0 Å². The molecule has 134 valence electrons. The normalized spacial score (nSPS) is 10.8. The van der Waals surface area contributed by atoms with E-state index < -0.39 is 5.97 Å². The van der Waals surface area contributed by atoms with Crippen molar-refractivity contribution in [2.75, 3.05) is 20.2 Å². The number of methoxy groups -OCH3 is 1. The number of ketones is 1. The standard InChI is InChI=1S/C18H28N2O4/c1-8-20-13(5)16(12(4)17(20)18(23)24-7)15(22)10-19(14(6)21)9-11(2)3/h11H,8-10H2,1-7H3. The lowest BCUT2D eigenvalue weighted by Gasteiger charge is -2.22. The average Bonchev–Trinajstić information content (AvgIpc) is 2.75. The third-order valence-electron chi connectivity index (χ3n) is 4.11. The molecule has 24 heavy (non-hydrogen) atoms. The summed E-state index contributed by atoms with van der Waals surface area (Å²) < 4.78 is 6.63. The Morgan fingerprint density at radius 2 is 1.79 bits per heavy atom. The maximum Gasteiger partial charge on any atom is 0.354 e. The fraction of sp³-hybridized carbons (Fsp3) is 0.611. The van der Waals surface area contributed by atoms with Gasteiger partial charge in [-0.2, -0.15) is 0 Å². The van der Waals surface area contributed by atoms with Crippen LogP contribution < -0.4 is 0 Å². The largest absolute Gasteiger partial charge is 0.464 e. The molecule has 1 amide bonds. The topological polar surface area (TPSA) is 68.6 Å². The predicted octanol–water partition coefficient (Wildman–Crippen LogP) is 2.60. The van der Waals surface area contributed by atoms with Crippen LogP contribution in [-0.4, -0.2) is 47.3 Å². The number of rotatable bonds is 7. The molecule has 0 N–H and O–H groups in total. The molecule has 0 aliphatic carbocycles. The van der Waals surface area contributed by atoms with Crippen LogP contribution in [0.2, 0.25) is 0 Å². The van der Waals surface area contributed by atoms with Gasteiger partial charge < -0.3 is 14.2 Å². The lowest BCUT2D eigenvalue weighted by molar-refractivity contribution is -0.128. The highest BCUT2D eigenvalue weighted by molar-refractivity contribution is 6.04. The maximum absolute atomic E-state index is 12.8. The van der Waals surface area contributed by atoms with Crippen molar-refractivity contribution in [3.63, 3.8) is 0 Å². The second kappa shape index (κ2) is 8.13. The summed E-state index contributed by atoms with van der Waals surface area (Å²) in [4.78, 5) is 38.2. The summed E-state index contributed by atoms with van der Waals surface area (Å²) in [5, 5.41) is 0. The summed E-state index contributed by atoms with van der Waals surface area (Å²) in [7, 11) is 1.33. The molecule has 6 heteroatoms. The number of esters is 1. The van der Waals surface area contributed by atoms with Crippen LogP contribution in [0.5, 0.6) is 0 Å². The Balaban J connectivity index is 3.26. The Morgan fingerprint density at radius 3 is 2.21 bits per heavy atom. The molecule has 1 aromatic rings. The van der Waals surface area contributed by atoms with E-state index in [2.05, 4.69) is 0 Å². The molecule has 1 aromatic heterocycles. The van der Waals surface area contributed by atoms with Gasteiger partial charge in [-0.3, -0.25) is 9.59 Å². The van der Waals surface area contributed by atoms with E-state index in [0.29, 0.717) is 29.9 Å². The van der Waals surface area contributed by atoms with E-state index in [1.54, 1.807) is 16.4 Å². The van der Waals surface area contributed by atoms with E-state index >= 15 is 0 Å². The first-order valence-electron chi connectivity index (χ1n) is 8.22. The molecule has 1 heterocycles. The number of amides is 1. The van der Waals surface area contributed by atoms with Gasteiger partial charge >= 0.3 is 5.97 Å². The molecule has 0 aliphatic heterocycles. The van der Waals surface area contributed by atoms with Crippen molar-refractivity contribution in [3.8, 4) is 0 Å². The number of aromatic nitrogens is 1. The van der Waals surface area contributed by atoms with Gasteiger partial charge in [-0.25, -0.2) is 4.79 Å². The minimum atomic E-state index is -0.456. The Bertz CT molecular complexity index is 644. The second-order valence-corrected chi connectivity index (χ2v) is 6.39. The molecule has 6 nitrogen and oxygen atoms in total. The van der Waals surface area contributed by atoms with Crippen LogP contribution in [0, 0.1) is 19.8 Å². The Morgan fingerprint density at radius 1 is 1.21 bits per heavy atom. The smallest absolute Gasteiger partial charge is 0.354 e. The number of carbonyl (C=O) groups excluding carboxylic acids is 3. The van der Waals surface area contributed by atoms with Crippen molar-refractivity contribution >= 4 is 17.7 Å². The number of carbonyl (C=O) groups is 3. The summed E-state index contributed by atoms with van der Waals surface area (Å²) in [6.07, 6.45) is 0. The number of hydrogen-bond donors (Lipinski definition) is 0. The number of ether oxygens (including phenoxy) is 1. The molecule has 0 aliphatic rings. The fourth-order valence-electron chi connectivity index (χ4n) is 3.06. The molecule has 1 rings (SSSR count). The van der Waals surface area contributed by atoms with Gasteiger partial charge in [0.15, 0.2) is 5.78 Å². The van der Waals surface area contributed by atoms with Crippen molar-refractivity contribution in [1.82, 2.24) is 9.47 Å². The van der Waals surface area contributed by atoms with Gasteiger partial charge in [-0.05, 0) is 32.3 Å². The van der Waals surface area contributed by atoms with Gasteiger partial charge in [0.2, 0.25) is 5.91 Å². The van der Waals surface area contributed by atoms with Crippen molar-refractivity contribution < 1.29 is 19.1 Å². The van der Waals surface area contributed by atoms with Gasteiger partial charge in [0, 0.05) is 31.3 Å². The molecule has 0 saturated heterocycles. The lowest BCUT2D eigenvalue weighted by atomic mass is 10.0. The van der Waals surface area contributed by atoms with Crippen LogP contribution in [0.1, 0.15) is 59.8 Å². The van der Waals surface area contributed by atoms with E-state index in [1.807, 2.05) is 27.7 Å². The Kier molecular flexibility index (Phi) is 6.75. The molecule has 0 spiro atoms. The minimum absolute atomic E-state index is 0.0174. The van der Waals surface area contributed by atoms with E-state index in [9.17, 15) is 14.4 Å². The molecule has 0 aromatic carbocycles. The van der Waals surface area contributed by atoms with Crippen molar-refractivity contribution in [1.29, 1.82) is 0 Å². The molecular formula is C18H28N2O4. The van der Waals surface area contributed by atoms with E-state index in [4.69, 9.17) is 4.74 Å². The third-order valence-corrected chi connectivity index (χ3v) is 4.11. The molecule has 0 radical (unpaired) electrons. The van der Waals surface area contributed by atoms with Crippen molar-refractivity contribution in [2.45, 2.75) is 48.1 Å². The molecule has 0 fully saturated rings. The van der Waals surface area contributed by atoms with Crippen LogP contribution in [0.25, 0.3) is 0 Å². The lowest BCUT2D eigenvalue weighted by Crippen LogP contribution is -2.37. The monoisotopic (exact) mass is 336 g/mol. The van der Waals surface area contributed by atoms with E-state index in [1.165, 1.54) is 14.0 Å². The van der Waals surface area contributed by atoms with Crippen LogP contribution in [0.15, 0.2) is 0 Å². The number of nitrogens with zero attached hydrogens (tertiary/aromatic N) is 2. The summed E-state index contributed by atoms with van der Waals surface area (Å²) in [6, 6.07) is 0. The Labute approximate surface area is 143 Å². The van der Waals surface area contributed by atoms with Gasteiger partial charge in [0.1, 0.15) is 5.69 Å². The maximum atomic E-state index is 12.8. The highest BCUT2D eigenvalue weighted by Crippen LogP contribution is 2.24. The van der Waals surface area contributed by atoms with Crippen molar-refractivity contribution in [3.05, 3.63) is 22.5 Å². The fourth-order valence-corrected chi connectivity index (χ4v) is 3.06. The van der Waals surface area contributed by atoms with Gasteiger partial charge in [0.25, 0.3) is 0 Å². The molecule has 0 bridgehead atoms. The number of Topliss-reactive ketones (excluding diaryl/α,β-unsaturated/α-hetero) is 1. The minimum Gasteiger partial charge on any atom is -0.464 e. The number of hydrogen-bond acceptors (Lipinski definition) is 4. The third kappa shape index (κ3) is 4.04. The predicted molar refractivity (Wildman–Crippen MR) is 92.3 cm³/mol. The zero-order valence-electron chi connectivity index (χ0n) is 15.7. The van der Waals surface area contributed by atoms with Gasteiger partial charge in [-0.15, -0.1) is 0 Å². The quantitative estimate of drug-likeness (QED) is 0.567. The summed E-state index contributed by atoms with van der Waals surface area (Å²) >= 11 is 0. The first kappa shape index (κ1) is 19.9. The van der Waals surface area contributed by atoms with E-state index in [-0.39, 0.29) is 24.2 Å². The van der Waals surface area contributed by atoms with E-state index in [0.717, 1.165) is 5.69 Å². The molecule has 0 atom stereocenters. The Hall–Kier alpha value is -2.11. The zero-order valence-corrected chi connectivity index (χ0v) is 15.7. The summed E-state index contributed by atoms with van der Waals surface area (Å²) in [6.45, 7) is 12.0. The highest BCUT2D eigenvalue weighted by Gasteiger charge is 2.27. The van der Waals surface area contributed by atoms with Crippen LogP contribution in [0.3, 0.4) is 0 Å². The molecule has 0 unspecified atom stereocenters. The van der Waals surface area contributed by atoms with Gasteiger partial charge in [-0.1, -0.05) is 13.8 Å². The summed E-state index contributed by atoms with van der Waals surface area (Å²) in [5.41, 5.74) is 2.25. The van der Waals surface area contributed by atoms with Crippen LogP contribution in [0.4, 0.5) is 0 Å². The SMILES string of the molecule is CCn1c(C)c(C(=O)CN(CC(C)C)C(C)=O)c(C)c1C(=O)OC. The first-order chi connectivity index (χ1) is 11.1. The molecule has 0 saturated carbocycles. The second-order valence-electron chi connectivity index (χ2n) is 6.39. The van der Waals surface area contributed by atoms with Crippen molar-refractivity contribution in [2.24, 2.45) is 5.92 Å². The summed E-state index contributed by atoms with van der Waals surface area (Å²) in [5.74, 6) is -0.467. The zero-order chi connectivity index (χ0) is 18.6. The highest BCUT2D eigenvalue weighted by atomic mass is 16.5. The molecular weight excluding hydrogens is 308 g/mol. The van der Waals surface area contributed by atoms with Crippen LogP contribution in [-0.2, 0) is 16.1 Å².